The van der Waals surface area contributed by atoms with Gasteiger partial charge in [-0.15, -0.1) is 0 Å². The number of nitrogens with zero attached hydrogens (tertiary/aromatic N) is 4. The summed E-state index contributed by atoms with van der Waals surface area (Å²) in [6, 6.07) is 17.9. The van der Waals surface area contributed by atoms with Gasteiger partial charge in [0.25, 0.3) is 11.6 Å². The molecule has 4 aromatic carbocycles. The lowest BCUT2D eigenvalue weighted by atomic mass is 9.84. The maximum atomic E-state index is 14.2. The molecule has 6 rings (SSSR count). The monoisotopic (exact) mass is 1110 g/mol. The van der Waals surface area contributed by atoms with Crippen molar-refractivity contribution in [3.05, 3.63) is 111 Å². The van der Waals surface area contributed by atoms with Crippen molar-refractivity contribution in [1.29, 1.82) is 0 Å². The number of amides is 2. The number of hydrogen-bond acceptors (Lipinski definition) is 19. The van der Waals surface area contributed by atoms with Crippen molar-refractivity contribution < 1.29 is 66.7 Å². The van der Waals surface area contributed by atoms with Gasteiger partial charge < -0.3 is 64.3 Å². The summed E-state index contributed by atoms with van der Waals surface area (Å²) in [5.74, 6) is 0.655. The van der Waals surface area contributed by atoms with E-state index in [1.165, 1.54) is 38.4 Å². The number of carbonyl (C=O) groups excluding carboxylic acids is 4. The van der Waals surface area contributed by atoms with Crippen LogP contribution in [0.5, 0.6) is 40.2 Å². The minimum absolute atomic E-state index is 0.0118. The Labute approximate surface area is 465 Å². The summed E-state index contributed by atoms with van der Waals surface area (Å²) in [5, 5.41) is 15.3. The lowest BCUT2D eigenvalue weighted by Crippen LogP contribution is -2.53. The zero-order valence-corrected chi connectivity index (χ0v) is 46.9. The summed E-state index contributed by atoms with van der Waals surface area (Å²) in [6.45, 7) is 7.28. The molecule has 1 aromatic heterocycles. The molecule has 1 aliphatic rings. The number of nitro groups is 1. The number of nitro benzene ring substituents is 1. The van der Waals surface area contributed by atoms with E-state index in [2.05, 4.69) is 15.3 Å². The van der Waals surface area contributed by atoms with Gasteiger partial charge >= 0.3 is 5.97 Å². The molecule has 0 spiro atoms. The van der Waals surface area contributed by atoms with Crippen LogP contribution in [0.1, 0.15) is 113 Å². The van der Waals surface area contributed by atoms with Crippen molar-refractivity contribution in [1.82, 2.24) is 14.9 Å². The molecule has 2 amide bonds. The second-order valence-electron chi connectivity index (χ2n) is 19.7. The molecule has 5 N–H and O–H groups in total. The molecule has 3 unspecified atom stereocenters. The van der Waals surface area contributed by atoms with Gasteiger partial charge in [-0.3, -0.25) is 24.5 Å². The van der Waals surface area contributed by atoms with Gasteiger partial charge in [0.1, 0.15) is 24.6 Å². The second kappa shape index (κ2) is 28.5. The van der Waals surface area contributed by atoms with Gasteiger partial charge in [-0.25, -0.2) is 9.78 Å². The molecular formula is C58H73N7O15. The summed E-state index contributed by atoms with van der Waals surface area (Å²) < 4.78 is 52.1. The first kappa shape index (κ1) is 60.8. The summed E-state index contributed by atoms with van der Waals surface area (Å²) in [7, 11) is 7.49. The molecule has 3 atom stereocenters. The molecule has 1 saturated heterocycles. The third kappa shape index (κ3) is 15.7. The highest BCUT2D eigenvalue weighted by atomic mass is 16.6. The predicted molar refractivity (Wildman–Crippen MR) is 298 cm³/mol. The van der Waals surface area contributed by atoms with Crippen LogP contribution in [0.15, 0.2) is 72.9 Å². The van der Waals surface area contributed by atoms with Crippen molar-refractivity contribution in [2.75, 3.05) is 78.7 Å². The molecule has 0 radical (unpaired) electrons. The van der Waals surface area contributed by atoms with E-state index in [4.69, 9.17) is 54.1 Å². The second-order valence-corrected chi connectivity index (χ2v) is 19.7. The maximum Gasteiger partial charge on any atom is 0.329 e. The minimum atomic E-state index is -0.946. The number of esters is 1. The number of anilines is 3. The van der Waals surface area contributed by atoms with Crippen LogP contribution < -0.4 is 49.9 Å². The number of hydrogen-bond donors (Lipinski definition) is 3. The normalized spacial score (nSPS) is 14.0. The minimum Gasteiger partial charge on any atom is -0.493 e. The van der Waals surface area contributed by atoms with Crippen molar-refractivity contribution in [3.8, 4) is 40.2 Å². The third-order valence-electron chi connectivity index (χ3n) is 14.0. The number of carbonyl (C=O) groups is 4. The fraction of sp³-hybridized carbons (Fsp3) is 0.448. The van der Waals surface area contributed by atoms with Crippen LogP contribution in [0.3, 0.4) is 0 Å². The largest absolute Gasteiger partial charge is 0.493 e. The van der Waals surface area contributed by atoms with Crippen molar-refractivity contribution in [2.45, 2.75) is 104 Å². The number of ether oxygens (including phenoxy) is 9. The highest BCUT2D eigenvalue weighted by Gasteiger charge is 2.41. The van der Waals surface area contributed by atoms with E-state index >= 15 is 0 Å². The highest BCUT2D eigenvalue weighted by molar-refractivity contribution is 6.38. The zero-order valence-electron chi connectivity index (χ0n) is 46.9. The quantitative estimate of drug-likeness (QED) is 0.0133. The molecule has 2 heterocycles. The number of Topliss-reactive ketones (excluding diaryl/α,β-unsaturated/α-hetero) is 1. The van der Waals surface area contributed by atoms with E-state index in [1.54, 1.807) is 83.7 Å². The molecule has 22 heteroatoms. The van der Waals surface area contributed by atoms with Gasteiger partial charge in [0.05, 0.1) is 71.4 Å². The van der Waals surface area contributed by atoms with Crippen LogP contribution >= 0.6 is 0 Å². The Bertz CT molecular complexity index is 2960. The number of rotatable bonds is 29. The summed E-state index contributed by atoms with van der Waals surface area (Å²) >= 11 is 0. The number of aryl methyl sites for hydroxylation is 1. The maximum absolute atomic E-state index is 14.2. The molecule has 1 aliphatic heterocycles. The summed E-state index contributed by atoms with van der Waals surface area (Å²) in [4.78, 5) is 75.7. The van der Waals surface area contributed by atoms with E-state index in [-0.39, 0.29) is 79.6 Å². The smallest absolute Gasteiger partial charge is 0.329 e. The number of ketones is 1. The fourth-order valence-electron chi connectivity index (χ4n) is 9.05. The van der Waals surface area contributed by atoms with Crippen LogP contribution in [0.25, 0.3) is 0 Å². The molecule has 22 nitrogen and oxygen atoms in total. The zero-order chi connectivity index (χ0) is 58.1. The Hall–Kier alpha value is -8.40. The number of methoxy groups -OCH3 is 5. The fourth-order valence-corrected chi connectivity index (χ4v) is 9.05. The Morgan fingerprint density at radius 1 is 0.825 bits per heavy atom. The van der Waals surface area contributed by atoms with Crippen LogP contribution in [-0.2, 0) is 41.5 Å². The van der Waals surface area contributed by atoms with Crippen molar-refractivity contribution >= 4 is 46.7 Å². The van der Waals surface area contributed by atoms with Crippen LogP contribution in [0.2, 0.25) is 0 Å². The molecule has 430 valence electrons. The summed E-state index contributed by atoms with van der Waals surface area (Å²) in [5.41, 5.74) is 14.2. The molecule has 0 aliphatic carbocycles. The average Bonchev–Trinajstić information content (AvgIpc) is 3.46. The van der Waals surface area contributed by atoms with Gasteiger partial charge in [-0.2, -0.15) is 4.98 Å². The molecule has 0 bridgehead atoms. The van der Waals surface area contributed by atoms with Gasteiger partial charge in [0, 0.05) is 42.2 Å². The first-order chi connectivity index (χ1) is 38.3. The van der Waals surface area contributed by atoms with Gasteiger partial charge in [-0.1, -0.05) is 39.0 Å². The topological polar surface area (TPSA) is 288 Å². The number of nitrogens with two attached hydrogens (primary N) is 2. The highest BCUT2D eigenvalue weighted by Crippen LogP contribution is 2.41. The average molecular weight is 1110 g/mol. The Morgan fingerprint density at radius 3 is 2.17 bits per heavy atom. The van der Waals surface area contributed by atoms with Gasteiger partial charge in [0.15, 0.2) is 34.5 Å². The van der Waals surface area contributed by atoms with E-state index in [9.17, 15) is 29.3 Å². The van der Waals surface area contributed by atoms with Crippen molar-refractivity contribution in [3.63, 3.8) is 0 Å². The van der Waals surface area contributed by atoms with Crippen LogP contribution in [0.4, 0.5) is 23.1 Å². The Kier molecular flexibility index (Phi) is 21.6. The standard InChI is InChI=1S/C58H73N7O15/c1-10-58(3,4)53(67)55(68)64-23-12-11-17-42(64)56(69)80-44(21-19-36-20-22-45(72-5)46(28-36)73-6)38-15-13-16-40(31-38)62-51(66)18-14-24-78-48-33-43(65(70)71)41(32-47(48)74-7)35(2)77-25-26-79-52-49(75-8)29-37(30-50(52)76-9)27-39-34-61-57(60)63-54(39)59/h13,15-16,20,22,28-35,42,44H,10-12,14,17-19,21,23-27H2,1-9H3,(H,62,66)(H4,59,60,61,63). The molecular weight excluding hydrogens is 1030 g/mol. The molecule has 5 aromatic rings. The third-order valence-corrected chi connectivity index (χ3v) is 14.0. The molecule has 1 fully saturated rings. The van der Waals surface area contributed by atoms with E-state index in [0.717, 1.165) is 11.1 Å². The number of likely N-dealkylation sites (tertiary alicyclic amines) is 1. The van der Waals surface area contributed by atoms with Gasteiger partial charge in [0.2, 0.25) is 23.4 Å². The Morgan fingerprint density at radius 2 is 1.51 bits per heavy atom. The number of benzene rings is 4. The van der Waals surface area contributed by atoms with E-state index < -0.39 is 46.2 Å². The lowest BCUT2D eigenvalue weighted by Gasteiger charge is -2.36. The first-order valence-corrected chi connectivity index (χ1v) is 26.4. The SMILES string of the molecule is CCC(C)(C)C(=O)C(=O)N1CCCCC1C(=O)OC(CCc1ccc(OC)c(OC)c1)c1cccc(NC(=O)CCCOc2cc([N+](=O)[O-])c(C(C)OCCOc3c(OC)cc(Cc4cnc(N)nc4N)cc3OC)cc2OC)c1. The van der Waals surface area contributed by atoms with Crippen molar-refractivity contribution in [2.24, 2.45) is 5.41 Å². The van der Waals surface area contributed by atoms with E-state index in [0.29, 0.717) is 90.5 Å². The summed E-state index contributed by atoms with van der Waals surface area (Å²) in [6.07, 6.45) is 3.50. The van der Waals surface area contributed by atoms with Crippen LogP contribution in [-0.4, -0.2) is 111 Å². The first-order valence-electron chi connectivity index (χ1n) is 26.4. The molecule has 0 saturated carbocycles. The number of nitrogen functional groups attached to an aromatic ring is 2. The number of piperidine rings is 1. The predicted octanol–water partition coefficient (Wildman–Crippen LogP) is 8.74. The van der Waals surface area contributed by atoms with Crippen LogP contribution in [0, 0.1) is 15.5 Å². The number of nitrogens with one attached hydrogen (secondary N) is 1. The number of aromatic nitrogens is 2. The lowest BCUT2D eigenvalue weighted by molar-refractivity contribution is -0.386. The molecule has 80 heavy (non-hydrogen) atoms. The Balaban J connectivity index is 1.07. The van der Waals surface area contributed by atoms with E-state index in [1.807, 2.05) is 19.1 Å². The van der Waals surface area contributed by atoms with Gasteiger partial charge in [-0.05, 0) is 111 Å².